The van der Waals surface area contributed by atoms with Crippen LogP contribution in [0.25, 0.3) is 0 Å². The molecule has 0 saturated carbocycles. The molecule has 5 N–H and O–H groups in total. The van der Waals surface area contributed by atoms with Crippen LogP contribution in [0.3, 0.4) is 0 Å². The third-order valence-corrected chi connectivity index (χ3v) is 6.66. The molecule has 1 aromatic carbocycles. The number of primary amides is 1. The fraction of sp³-hybridized carbons (Fsp3) is 0.640. The third-order valence-electron chi connectivity index (χ3n) is 6.66. The first kappa shape index (κ1) is 26.9. The number of carbonyl (C=O) groups excluding carboxylic acids is 3. The monoisotopic (exact) mass is 489 g/mol. The average molecular weight is 490 g/mol. The first-order chi connectivity index (χ1) is 16.6. The standard InChI is InChI=1S/C25H39N5O5/c1-24(2,27)22(32)28-20(18-34-17-19-9-5-3-6-10-19)21(31)29-15-11-25(12-16-29,35-23(26)33)30-13-7-4-8-14-30/h3,5-6,9-10,20H,4,7-8,11-18,27H2,1-2H3,(H2,26,33)(H,28,32)/t20-/m1/s1. The van der Waals surface area contributed by atoms with Crippen molar-refractivity contribution < 1.29 is 23.9 Å². The topological polar surface area (TPSA) is 140 Å². The highest BCUT2D eigenvalue weighted by Crippen LogP contribution is 2.33. The van der Waals surface area contributed by atoms with Crippen LogP contribution in [-0.4, -0.2) is 77.8 Å². The lowest BCUT2D eigenvalue weighted by Gasteiger charge is -2.48. The van der Waals surface area contributed by atoms with Crippen molar-refractivity contribution in [2.75, 3.05) is 32.8 Å². The van der Waals surface area contributed by atoms with Gasteiger partial charge >= 0.3 is 6.09 Å². The lowest BCUT2D eigenvalue weighted by molar-refractivity contribution is -0.161. The minimum absolute atomic E-state index is 0.0150. The Morgan fingerprint density at radius 2 is 1.69 bits per heavy atom. The first-order valence-corrected chi connectivity index (χ1v) is 12.3. The first-order valence-electron chi connectivity index (χ1n) is 12.3. The summed E-state index contributed by atoms with van der Waals surface area (Å²) in [7, 11) is 0. The predicted molar refractivity (Wildman–Crippen MR) is 131 cm³/mol. The molecule has 2 aliphatic rings. The molecule has 3 amide bonds. The number of nitrogens with one attached hydrogen (secondary N) is 1. The van der Waals surface area contributed by atoms with Crippen LogP contribution in [0.15, 0.2) is 30.3 Å². The van der Waals surface area contributed by atoms with Gasteiger partial charge in [-0.15, -0.1) is 0 Å². The van der Waals surface area contributed by atoms with Gasteiger partial charge in [0, 0.05) is 39.0 Å². The number of amides is 3. The van der Waals surface area contributed by atoms with Crippen LogP contribution < -0.4 is 16.8 Å². The van der Waals surface area contributed by atoms with E-state index in [0.717, 1.165) is 37.9 Å². The van der Waals surface area contributed by atoms with Gasteiger partial charge in [0.15, 0.2) is 5.72 Å². The molecular formula is C25H39N5O5. The Hall–Kier alpha value is -2.69. The zero-order valence-electron chi connectivity index (χ0n) is 20.8. The summed E-state index contributed by atoms with van der Waals surface area (Å²) < 4.78 is 11.4. The van der Waals surface area contributed by atoms with Crippen molar-refractivity contribution in [1.29, 1.82) is 0 Å². The van der Waals surface area contributed by atoms with Crippen molar-refractivity contribution in [2.45, 2.75) is 69.9 Å². The number of ether oxygens (including phenoxy) is 2. The van der Waals surface area contributed by atoms with Gasteiger partial charge in [-0.25, -0.2) is 4.79 Å². The summed E-state index contributed by atoms with van der Waals surface area (Å²) in [5, 5.41) is 2.76. The lowest BCUT2D eigenvalue weighted by Crippen LogP contribution is -2.62. The Kier molecular flexibility index (Phi) is 9.09. The summed E-state index contributed by atoms with van der Waals surface area (Å²) in [5.41, 5.74) is 10.4. The van der Waals surface area contributed by atoms with Gasteiger partial charge in [0.2, 0.25) is 11.8 Å². The number of rotatable bonds is 9. The molecular weight excluding hydrogens is 450 g/mol. The highest BCUT2D eigenvalue weighted by Gasteiger charge is 2.45. The molecule has 10 heteroatoms. The number of likely N-dealkylation sites (tertiary alicyclic amines) is 2. The number of carbonyl (C=O) groups is 3. The van der Waals surface area contributed by atoms with Crippen molar-refractivity contribution in [2.24, 2.45) is 11.5 Å². The fourth-order valence-corrected chi connectivity index (χ4v) is 4.66. The quantitative estimate of drug-likeness (QED) is 0.475. The third kappa shape index (κ3) is 7.39. The van der Waals surface area contributed by atoms with Crippen LogP contribution in [0.4, 0.5) is 4.79 Å². The average Bonchev–Trinajstić information content (AvgIpc) is 2.83. The molecule has 194 valence electrons. The smallest absolute Gasteiger partial charge is 0.406 e. The second-order valence-corrected chi connectivity index (χ2v) is 9.99. The van der Waals surface area contributed by atoms with E-state index in [1.165, 1.54) is 0 Å². The summed E-state index contributed by atoms with van der Waals surface area (Å²) in [5.74, 6) is -0.683. The molecule has 1 aromatic rings. The summed E-state index contributed by atoms with van der Waals surface area (Å²) >= 11 is 0. The summed E-state index contributed by atoms with van der Waals surface area (Å²) in [4.78, 5) is 41.6. The maximum Gasteiger partial charge on any atom is 0.406 e. The Bertz CT molecular complexity index is 859. The van der Waals surface area contributed by atoms with Crippen LogP contribution in [-0.2, 0) is 25.7 Å². The van der Waals surface area contributed by atoms with Crippen LogP contribution in [0.1, 0.15) is 51.5 Å². The van der Waals surface area contributed by atoms with E-state index < -0.39 is 29.3 Å². The molecule has 0 bridgehead atoms. The number of piperidine rings is 2. The van der Waals surface area contributed by atoms with E-state index in [4.69, 9.17) is 20.9 Å². The van der Waals surface area contributed by atoms with E-state index in [1.54, 1.807) is 18.7 Å². The van der Waals surface area contributed by atoms with Gasteiger partial charge in [0.25, 0.3) is 0 Å². The second-order valence-electron chi connectivity index (χ2n) is 9.99. The highest BCUT2D eigenvalue weighted by molar-refractivity contribution is 5.91. The van der Waals surface area contributed by atoms with E-state index in [2.05, 4.69) is 10.2 Å². The molecule has 0 aromatic heterocycles. The van der Waals surface area contributed by atoms with E-state index in [9.17, 15) is 14.4 Å². The maximum atomic E-state index is 13.5. The van der Waals surface area contributed by atoms with Gasteiger partial charge in [-0.2, -0.15) is 0 Å². The Labute approximate surface area is 207 Å². The predicted octanol–water partition coefficient (Wildman–Crippen LogP) is 1.33. The van der Waals surface area contributed by atoms with Gasteiger partial charge in [-0.1, -0.05) is 36.8 Å². The van der Waals surface area contributed by atoms with Crippen LogP contribution in [0.5, 0.6) is 0 Å². The minimum atomic E-state index is -1.14. The molecule has 0 spiro atoms. The molecule has 1 atom stereocenters. The summed E-state index contributed by atoms with van der Waals surface area (Å²) in [6.07, 6.45) is 3.32. The Morgan fingerprint density at radius 1 is 1.06 bits per heavy atom. The Balaban J connectivity index is 1.66. The summed E-state index contributed by atoms with van der Waals surface area (Å²) in [6, 6.07) is 8.73. The van der Waals surface area contributed by atoms with E-state index in [1.807, 2.05) is 30.3 Å². The summed E-state index contributed by atoms with van der Waals surface area (Å²) in [6.45, 7) is 5.92. The van der Waals surface area contributed by atoms with Crippen LogP contribution in [0.2, 0.25) is 0 Å². The number of hydrogen-bond acceptors (Lipinski definition) is 7. The molecule has 10 nitrogen and oxygen atoms in total. The number of hydrogen-bond donors (Lipinski definition) is 3. The van der Waals surface area contributed by atoms with E-state index >= 15 is 0 Å². The second kappa shape index (κ2) is 11.8. The highest BCUT2D eigenvalue weighted by atomic mass is 16.6. The van der Waals surface area contributed by atoms with Crippen LogP contribution in [0, 0.1) is 0 Å². The number of nitrogens with zero attached hydrogens (tertiary/aromatic N) is 2. The van der Waals surface area contributed by atoms with Gasteiger partial charge in [-0.3, -0.25) is 14.5 Å². The molecule has 0 aliphatic carbocycles. The van der Waals surface area contributed by atoms with Crippen molar-refractivity contribution >= 4 is 17.9 Å². The lowest BCUT2D eigenvalue weighted by atomic mass is 9.94. The molecule has 2 aliphatic heterocycles. The van der Waals surface area contributed by atoms with Gasteiger partial charge < -0.3 is 31.2 Å². The van der Waals surface area contributed by atoms with Crippen molar-refractivity contribution in [3.63, 3.8) is 0 Å². The van der Waals surface area contributed by atoms with Crippen molar-refractivity contribution in [1.82, 2.24) is 15.1 Å². The molecule has 0 unspecified atom stereocenters. The Morgan fingerprint density at radius 3 is 2.26 bits per heavy atom. The van der Waals surface area contributed by atoms with E-state index in [-0.39, 0.29) is 12.5 Å². The van der Waals surface area contributed by atoms with E-state index in [0.29, 0.717) is 32.5 Å². The minimum Gasteiger partial charge on any atom is -0.428 e. The molecule has 2 heterocycles. The van der Waals surface area contributed by atoms with Gasteiger partial charge in [0.1, 0.15) is 6.04 Å². The fourth-order valence-electron chi connectivity index (χ4n) is 4.66. The molecule has 35 heavy (non-hydrogen) atoms. The SMILES string of the molecule is CC(C)(N)C(=O)N[C@H](COCc1ccccc1)C(=O)N1CCC(OC(N)=O)(N2CCCCC2)CC1. The maximum absolute atomic E-state index is 13.5. The molecule has 0 radical (unpaired) electrons. The zero-order valence-corrected chi connectivity index (χ0v) is 20.8. The molecule has 2 saturated heterocycles. The van der Waals surface area contributed by atoms with Gasteiger partial charge in [0.05, 0.1) is 18.8 Å². The van der Waals surface area contributed by atoms with Gasteiger partial charge in [-0.05, 0) is 32.3 Å². The van der Waals surface area contributed by atoms with Crippen molar-refractivity contribution in [3.05, 3.63) is 35.9 Å². The number of benzene rings is 1. The molecule has 3 rings (SSSR count). The number of nitrogens with two attached hydrogens (primary N) is 2. The zero-order chi connectivity index (χ0) is 25.5. The largest absolute Gasteiger partial charge is 0.428 e. The van der Waals surface area contributed by atoms with Crippen molar-refractivity contribution in [3.8, 4) is 0 Å². The normalized spacial score (nSPS) is 19.6. The van der Waals surface area contributed by atoms with Crippen LogP contribution >= 0.6 is 0 Å². The molecule has 2 fully saturated rings.